The molecule has 0 bridgehead atoms. The molecule has 1 heterocycles. The highest BCUT2D eigenvalue weighted by Crippen LogP contribution is 2.29. The van der Waals surface area contributed by atoms with Gasteiger partial charge in [-0.05, 0) is 71.6 Å². The summed E-state index contributed by atoms with van der Waals surface area (Å²) in [5, 5.41) is 16.6. The average molecular weight is 569 g/mol. The monoisotopic (exact) mass is 568 g/mol. The first-order valence-corrected chi connectivity index (χ1v) is 13.6. The van der Waals surface area contributed by atoms with E-state index in [9.17, 15) is 14.7 Å². The summed E-state index contributed by atoms with van der Waals surface area (Å²) in [6.07, 6.45) is 0.559. The zero-order chi connectivity index (χ0) is 28.8. The van der Waals surface area contributed by atoms with Crippen LogP contribution in [0.5, 0.6) is 11.5 Å². The summed E-state index contributed by atoms with van der Waals surface area (Å²) in [7, 11) is 0. The van der Waals surface area contributed by atoms with Gasteiger partial charge in [0.15, 0.2) is 5.76 Å². The summed E-state index contributed by atoms with van der Waals surface area (Å²) in [4.78, 5) is 26.1. The molecule has 8 heteroatoms. The van der Waals surface area contributed by atoms with E-state index >= 15 is 0 Å². The molecule has 5 aromatic rings. The number of amides is 2. The second-order valence-corrected chi connectivity index (χ2v) is 10.2. The summed E-state index contributed by atoms with van der Waals surface area (Å²) in [5.74, 6) is 0.0816. The summed E-state index contributed by atoms with van der Waals surface area (Å²) >= 11 is 6.07. The largest absolute Gasteiger partial charge is 0.508 e. The maximum Gasteiger partial charge on any atom is 0.291 e. The standard InChI is InChI=1S/C33H29ClN2O5/c1-21(23-5-3-2-4-6-23)20-35-32(38)24-9-13-28(30(18-24)40-16-15-22-7-11-27(37)12-8-22)36-33(39)31-19-25-17-26(34)10-14-29(25)41-31/h2-14,17-19,21,37H,15-16,20H2,1H3,(H,35,38)(H,36,39). The number of anilines is 1. The number of carbonyl (C=O) groups excluding carboxylic acids is 2. The van der Waals surface area contributed by atoms with E-state index in [1.807, 2.05) is 42.5 Å². The number of phenols is 1. The predicted molar refractivity (Wildman–Crippen MR) is 160 cm³/mol. The van der Waals surface area contributed by atoms with Crippen LogP contribution in [0.3, 0.4) is 0 Å². The van der Waals surface area contributed by atoms with Crippen LogP contribution < -0.4 is 15.4 Å². The number of halogens is 1. The molecule has 5 rings (SSSR count). The first kappa shape index (κ1) is 27.8. The number of carbonyl (C=O) groups is 2. The maximum atomic E-state index is 13.1. The van der Waals surface area contributed by atoms with Crippen molar-refractivity contribution in [2.24, 2.45) is 0 Å². The molecule has 1 atom stereocenters. The van der Waals surface area contributed by atoms with Crippen LogP contribution >= 0.6 is 11.6 Å². The highest BCUT2D eigenvalue weighted by molar-refractivity contribution is 6.31. The third-order valence-electron chi connectivity index (χ3n) is 6.72. The highest BCUT2D eigenvalue weighted by atomic mass is 35.5. The zero-order valence-corrected chi connectivity index (χ0v) is 23.2. The van der Waals surface area contributed by atoms with Crippen LogP contribution in [0.15, 0.2) is 101 Å². The van der Waals surface area contributed by atoms with E-state index in [0.717, 1.165) is 11.1 Å². The van der Waals surface area contributed by atoms with Crippen molar-refractivity contribution in [3.8, 4) is 11.5 Å². The van der Waals surface area contributed by atoms with Crippen LogP contribution in [0.2, 0.25) is 5.02 Å². The van der Waals surface area contributed by atoms with Crippen molar-refractivity contribution < 1.29 is 23.8 Å². The Morgan fingerprint density at radius 1 is 0.927 bits per heavy atom. The van der Waals surface area contributed by atoms with Crippen LogP contribution in [-0.2, 0) is 6.42 Å². The molecule has 7 nitrogen and oxygen atoms in total. The Labute approximate surface area is 242 Å². The van der Waals surface area contributed by atoms with Crippen LogP contribution in [0.1, 0.15) is 44.9 Å². The van der Waals surface area contributed by atoms with E-state index in [-0.39, 0.29) is 29.9 Å². The molecule has 3 N–H and O–H groups in total. The Hall–Kier alpha value is -4.75. The van der Waals surface area contributed by atoms with Crippen molar-refractivity contribution in [3.05, 3.63) is 125 Å². The minimum atomic E-state index is -0.463. The minimum Gasteiger partial charge on any atom is -0.508 e. The second kappa shape index (κ2) is 12.6. The van der Waals surface area contributed by atoms with Gasteiger partial charge in [-0.15, -0.1) is 0 Å². The predicted octanol–water partition coefficient (Wildman–Crippen LogP) is 7.20. The third kappa shape index (κ3) is 7.07. The number of phenolic OH excluding ortho intramolecular Hbond substituents is 1. The van der Waals surface area contributed by atoms with Crippen molar-refractivity contribution in [2.45, 2.75) is 19.3 Å². The highest BCUT2D eigenvalue weighted by Gasteiger charge is 2.18. The van der Waals surface area contributed by atoms with Gasteiger partial charge < -0.3 is 24.9 Å². The molecule has 0 spiro atoms. The third-order valence-corrected chi connectivity index (χ3v) is 6.95. The van der Waals surface area contributed by atoms with Gasteiger partial charge in [-0.25, -0.2) is 0 Å². The first-order chi connectivity index (χ1) is 19.9. The fraction of sp³-hybridized carbons (Fsp3) is 0.152. The zero-order valence-electron chi connectivity index (χ0n) is 22.4. The molecule has 2 amide bonds. The maximum absolute atomic E-state index is 13.1. The lowest BCUT2D eigenvalue weighted by molar-refractivity contribution is 0.0950. The van der Waals surface area contributed by atoms with Crippen molar-refractivity contribution in [3.63, 3.8) is 0 Å². The number of furan rings is 1. The Balaban J connectivity index is 1.32. The summed E-state index contributed by atoms with van der Waals surface area (Å²) in [6, 6.07) is 28.5. The number of ether oxygens (including phenoxy) is 1. The minimum absolute atomic E-state index is 0.119. The second-order valence-electron chi connectivity index (χ2n) is 9.74. The molecule has 0 aliphatic heterocycles. The number of hydrogen-bond acceptors (Lipinski definition) is 5. The number of rotatable bonds is 10. The van der Waals surface area contributed by atoms with Crippen LogP contribution in [0, 0.1) is 0 Å². The number of aromatic hydroxyl groups is 1. The molecule has 1 unspecified atom stereocenters. The Bertz CT molecular complexity index is 1660. The van der Waals surface area contributed by atoms with Gasteiger partial charge in [0.2, 0.25) is 0 Å². The lowest BCUT2D eigenvalue weighted by atomic mass is 10.0. The smallest absolute Gasteiger partial charge is 0.291 e. The summed E-state index contributed by atoms with van der Waals surface area (Å²) < 4.78 is 11.8. The van der Waals surface area contributed by atoms with Gasteiger partial charge in [-0.1, -0.05) is 61.0 Å². The van der Waals surface area contributed by atoms with E-state index in [4.69, 9.17) is 20.8 Å². The number of nitrogens with one attached hydrogen (secondary N) is 2. The molecule has 0 aliphatic rings. The molecule has 41 heavy (non-hydrogen) atoms. The molecular weight excluding hydrogens is 540 g/mol. The summed E-state index contributed by atoms with van der Waals surface area (Å²) in [6.45, 7) is 2.81. The Kier molecular flexibility index (Phi) is 8.56. The lowest BCUT2D eigenvalue weighted by Crippen LogP contribution is -2.27. The number of fused-ring (bicyclic) bond motifs is 1. The number of benzene rings is 4. The SMILES string of the molecule is CC(CNC(=O)c1ccc(NC(=O)c2cc3cc(Cl)ccc3o2)c(OCCc2ccc(O)cc2)c1)c1ccccc1. The van der Waals surface area contributed by atoms with Crippen molar-refractivity contribution >= 4 is 40.1 Å². The first-order valence-electron chi connectivity index (χ1n) is 13.2. The Morgan fingerprint density at radius 3 is 2.49 bits per heavy atom. The Morgan fingerprint density at radius 2 is 1.71 bits per heavy atom. The van der Waals surface area contributed by atoms with E-state index in [2.05, 4.69) is 17.6 Å². The average Bonchev–Trinajstić information content (AvgIpc) is 3.41. The molecule has 208 valence electrons. The lowest BCUT2D eigenvalue weighted by Gasteiger charge is -2.16. The molecule has 0 saturated heterocycles. The van der Waals surface area contributed by atoms with E-state index < -0.39 is 5.91 Å². The summed E-state index contributed by atoms with van der Waals surface area (Å²) in [5.41, 5.74) is 3.45. The normalized spacial score (nSPS) is 11.7. The van der Waals surface area contributed by atoms with Gasteiger partial charge >= 0.3 is 0 Å². The molecule has 4 aromatic carbocycles. The molecule has 0 radical (unpaired) electrons. The molecule has 1 aromatic heterocycles. The van der Waals surface area contributed by atoms with Crippen molar-refractivity contribution in [1.29, 1.82) is 0 Å². The molecule has 0 fully saturated rings. The number of hydrogen-bond donors (Lipinski definition) is 3. The van der Waals surface area contributed by atoms with E-state index in [1.54, 1.807) is 54.6 Å². The molecular formula is C33H29ClN2O5. The van der Waals surface area contributed by atoms with E-state index in [1.165, 1.54) is 0 Å². The van der Waals surface area contributed by atoms with Gasteiger partial charge in [-0.3, -0.25) is 9.59 Å². The molecule has 0 saturated carbocycles. The van der Waals surface area contributed by atoms with Gasteiger partial charge in [0, 0.05) is 28.9 Å². The fourth-order valence-corrected chi connectivity index (χ4v) is 4.57. The topological polar surface area (TPSA) is 101 Å². The fourth-order valence-electron chi connectivity index (χ4n) is 4.39. The van der Waals surface area contributed by atoms with Crippen LogP contribution in [0.25, 0.3) is 11.0 Å². The van der Waals surface area contributed by atoms with Crippen molar-refractivity contribution in [2.75, 3.05) is 18.5 Å². The molecule has 0 aliphatic carbocycles. The van der Waals surface area contributed by atoms with E-state index in [0.29, 0.717) is 46.0 Å². The van der Waals surface area contributed by atoms with Crippen LogP contribution in [-0.4, -0.2) is 30.1 Å². The van der Waals surface area contributed by atoms with Gasteiger partial charge in [0.25, 0.3) is 11.8 Å². The van der Waals surface area contributed by atoms with Gasteiger partial charge in [-0.2, -0.15) is 0 Å². The quantitative estimate of drug-likeness (QED) is 0.165. The van der Waals surface area contributed by atoms with Gasteiger partial charge in [0.05, 0.1) is 12.3 Å². The van der Waals surface area contributed by atoms with Gasteiger partial charge in [0.1, 0.15) is 17.1 Å². The van der Waals surface area contributed by atoms with Crippen LogP contribution in [0.4, 0.5) is 5.69 Å². The van der Waals surface area contributed by atoms with Crippen molar-refractivity contribution in [1.82, 2.24) is 5.32 Å².